The molecule has 1 aromatic carbocycles. The molecule has 0 bridgehead atoms. The van der Waals surface area contributed by atoms with Gasteiger partial charge in [0.1, 0.15) is 0 Å². The molecule has 0 aliphatic heterocycles. The maximum Gasteiger partial charge on any atom is 0.0411 e. The molecule has 0 aliphatic carbocycles. The molecule has 84 valence electrons. The Balaban J connectivity index is 2.99. The summed E-state index contributed by atoms with van der Waals surface area (Å²) >= 11 is 6.07. The normalized spacial score (nSPS) is 13.2. The van der Waals surface area contributed by atoms with Crippen LogP contribution in [0.2, 0.25) is 5.02 Å². The van der Waals surface area contributed by atoms with Crippen molar-refractivity contribution in [1.82, 2.24) is 5.32 Å². The Morgan fingerprint density at radius 1 is 1.27 bits per heavy atom. The second-order valence-corrected chi connectivity index (χ2v) is 4.78. The van der Waals surface area contributed by atoms with Crippen molar-refractivity contribution < 1.29 is 0 Å². The number of hydrogen-bond donors (Lipinski definition) is 1. The fraction of sp³-hybridized carbons (Fsp3) is 0.538. The summed E-state index contributed by atoms with van der Waals surface area (Å²) in [4.78, 5) is 0. The van der Waals surface area contributed by atoms with Crippen LogP contribution in [0.15, 0.2) is 18.2 Å². The van der Waals surface area contributed by atoms with Crippen molar-refractivity contribution in [2.45, 2.75) is 33.7 Å². The van der Waals surface area contributed by atoms with Crippen LogP contribution in [0.4, 0.5) is 0 Å². The van der Waals surface area contributed by atoms with Gasteiger partial charge in [-0.15, -0.1) is 0 Å². The maximum absolute atomic E-state index is 6.07. The summed E-state index contributed by atoms with van der Waals surface area (Å²) < 4.78 is 0. The molecule has 15 heavy (non-hydrogen) atoms. The molecule has 0 aliphatic rings. The topological polar surface area (TPSA) is 12.0 Å². The highest BCUT2D eigenvalue weighted by Gasteiger charge is 2.14. The summed E-state index contributed by atoms with van der Waals surface area (Å²) in [5.41, 5.74) is 2.51. The largest absolute Gasteiger partial charge is 0.310 e. The van der Waals surface area contributed by atoms with Gasteiger partial charge in [0.2, 0.25) is 0 Å². The summed E-state index contributed by atoms with van der Waals surface area (Å²) in [6.45, 7) is 9.65. The van der Waals surface area contributed by atoms with Crippen LogP contribution in [0.5, 0.6) is 0 Å². The van der Waals surface area contributed by atoms with E-state index in [1.807, 2.05) is 6.07 Å². The monoisotopic (exact) mass is 225 g/mol. The Labute approximate surface area is 97.8 Å². The third-order valence-corrected chi connectivity index (χ3v) is 2.73. The Hall–Kier alpha value is -0.530. The maximum atomic E-state index is 6.07. The zero-order valence-corrected chi connectivity index (χ0v) is 10.7. The third-order valence-electron chi connectivity index (χ3n) is 2.51. The number of aryl methyl sites for hydroxylation is 1. The standard InChI is InChI=1S/C13H20ClN/c1-5-15-13(9(2)3)11-6-10(4)7-12(14)8-11/h6-9,13,15H,5H2,1-4H3. The first-order valence-electron chi connectivity index (χ1n) is 5.55. The summed E-state index contributed by atoms with van der Waals surface area (Å²) in [6, 6.07) is 6.66. The van der Waals surface area contributed by atoms with Crippen LogP contribution in [0.25, 0.3) is 0 Å². The van der Waals surface area contributed by atoms with Gasteiger partial charge in [0.25, 0.3) is 0 Å². The fourth-order valence-electron chi connectivity index (χ4n) is 1.90. The molecule has 0 aromatic heterocycles. The molecule has 0 saturated heterocycles. The van der Waals surface area contributed by atoms with Crippen molar-refractivity contribution in [2.75, 3.05) is 6.54 Å². The van der Waals surface area contributed by atoms with Gasteiger partial charge in [-0.1, -0.05) is 38.4 Å². The molecule has 1 unspecified atom stereocenters. The van der Waals surface area contributed by atoms with Crippen LogP contribution in [0.1, 0.15) is 37.9 Å². The first kappa shape index (κ1) is 12.5. The minimum Gasteiger partial charge on any atom is -0.310 e. The lowest BCUT2D eigenvalue weighted by atomic mass is 9.95. The highest BCUT2D eigenvalue weighted by atomic mass is 35.5. The highest BCUT2D eigenvalue weighted by molar-refractivity contribution is 6.30. The first-order chi connectivity index (χ1) is 7.04. The first-order valence-corrected chi connectivity index (χ1v) is 5.93. The van der Waals surface area contributed by atoms with Gasteiger partial charge in [-0.2, -0.15) is 0 Å². The van der Waals surface area contributed by atoms with Crippen LogP contribution in [0, 0.1) is 12.8 Å². The van der Waals surface area contributed by atoms with E-state index in [0.29, 0.717) is 12.0 Å². The molecule has 1 rings (SSSR count). The van der Waals surface area contributed by atoms with E-state index in [0.717, 1.165) is 11.6 Å². The van der Waals surface area contributed by atoms with E-state index < -0.39 is 0 Å². The van der Waals surface area contributed by atoms with E-state index in [1.165, 1.54) is 11.1 Å². The lowest BCUT2D eigenvalue weighted by Crippen LogP contribution is -2.25. The van der Waals surface area contributed by atoms with Gasteiger partial charge in [0.05, 0.1) is 0 Å². The van der Waals surface area contributed by atoms with Gasteiger partial charge in [0, 0.05) is 11.1 Å². The number of benzene rings is 1. The fourth-order valence-corrected chi connectivity index (χ4v) is 2.20. The Morgan fingerprint density at radius 3 is 2.40 bits per heavy atom. The van der Waals surface area contributed by atoms with Crippen LogP contribution in [-0.4, -0.2) is 6.54 Å². The quantitative estimate of drug-likeness (QED) is 0.818. The molecular formula is C13H20ClN. The van der Waals surface area contributed by atoms with Crippen molar-refractivity contribution >= 4 is 11.6 Å². The Morgan fingerprint density at radius 2 is 1.93 bits per heavy atom. The SMILES string of the molecule is CCNC(c1cc(C)cc(Cl)c1)C(C)C. The number of halogens is 1. The van der Waals surface area contributed by atoms with E-state index in [-0.39, 0.29) is 0 Å². The van der Waals surface area contributed by atoms with Crippen molar-refractivity contribution in [1.29, 1.82) is 0 Å². The zero-order chi connectivity index (χ0) is 11.4. The van der Waals surface area contributed by atoms with Crippen molar-refractivity contribution in [3.8, 4) is 0 Å². The molecule has 0 radical (unpaired) electrons. The summed E-state index contributed by atoms with van der Waals surface area (Å²) in [7, 11) is 0. The molecule has 1 N–H and O–H groups in total. The predicted octanol–water partition coefficient (Wildman–Crippen LogP) is 3.96. The molecule has 1 nitrogen and oxygen atoms in total. The number of hydrogen-bond acceptors (Lipinski definition) is 1. The predicted molar refractivity (Wildman–Crippen MR) is 67.4 cm³/mol. The second kappa shape index (κ2) is 5.53. The van der Waals surface area contributed by atoms with Gasteiger partial charge in [0.15, 0.2) is 0 Å². The van der Waals surface area contributed by atoms with E-state index >= 15 is 0 Å². The van der Waals surface area contributed by atoms with Crippen molar-refractivity contribution in [3.05, 3.63) is 34.3 Å². The molecule has 2 heteroatoms. The lowest BCUT2D eigenvalue weighted by Gasteiger charge is -2.22. The molecule has 0 amide bonds. The summed E-state index contributed by atoms with van der Waals surface area (Å²) in [5, 5.41) is 4.32. The molecule has 0 spiro atoms. The zero-order valence-electron chi connectivity index (χ0n) is 9.97. The van der Waals surface area contributed by atoms with E-state index in [1.54, 1.807) is 0 Å². The minimum absolute atomic E-state index is 0.396. The average Bonchev–Trinajstić information content (AvgIpc) is 2.11. The molecule has 1 atom stereocenters. The van der Waals surface area contributed by atoms with E-state index in [2.05, 4.69) is 45.1 Å². The Kier molecular flexibility index (Phi) is 4.62. The van der Waals surface area contributed by atoms with Crippen molar-refractivity contribution in [3.63, 3.8) is 0 Å². The van der Waals surface area contributed by atoms with Crippen LogP contribution in [-0.2, 0) is 0 Å². The van der Waals surface area contributed by atoms with Gasteiger partial charge in [-0.3, -0.25) is 0 Å². The van der Waals surface area contributed by atoms with E-state index in [9.17, 15) is 0 Å². The van der Waals surface area contributed by atoms with Gasteiger partial charge in [-0.05, 0) is 42.6 Å². The molecule has 1 aromatic rings. The van der Waals surface area contributed by atoms with Gasteiger partial charge < -0.3 is 5.32 Å². The van der Waals surface area contributed by atoms with Crippen LogP contribution in [0.3, 0.4) is 0 Å². The van der Waals surface area contributed by atoms with Gasteiger partial charge >= 0.3 is 0 Å². The Bertz CT molecular complexity index is 300. The lowest BCUT2D eigenvalue weighted by molar-refractivity contribution is 0.421. The summed E-state index contributed by atoms with van der Waals surface area (Å²) in [5.74, 6) is 0.572. The third kappa shape index (κ3) is 3.51. The smallest absolute Gasteiger partial charge is 0.0411 e. The molecule has 0 heterocycles. The number of rotatable bonds is 4. The molecular weight excluding hydrogens is 206 g/mol. The van der Waals surface area contributed by atoms with Crippen LogP contribution >= 0.6 is 11.6 Å². The summed E-state index contributed by atoms with van der Waals surface area (Å²) in [6.07, 6.45) is 0. The van der Waals surface area contributed by atoms with Gasteiger partial charge in [-0.25, -0.2) is 0 Å². The highest BCUT2D eigenvalue weighted by Crippen LogP contribution is 2.25. The second-order valence-electron chi connectivity index (χ2n) is 4.34. The average molecular weight is 226 g/mol. The van der Waals surface area contributed by atoms with E-state index in [4.69, 9.17) is 11.6 Å². The van der Waals surface area contributed by atoms with Crippen molar-refractivity contribution in [2.24, 2.45) is 5.92 Å². The van der Waals surface area contributed by atoms with Crippen LogP contribution < -0.4 is 5.32 Å². The molecule has 0 fully saturated rings. The number of nitrogens with one attached hydrogen (secondary N) is 1. The minimum atomic E-state index is 0.396. The molecule has 0 saturated carbocycles.